The maximum absolute atomic E-state index is 12.5. The van der Waals surface area contributed by atoms with E-state index in [0.717, 1.165) is 56.0 Å². The average molecular weight is 409 g/mol. The number of rotatable bonds is 6. The molecule has 2 aromatic rings. The lowest BCUT2D eigenvalue weighted by Crippen LogP contribution is -2.44. The van der Waals surface area contributed by atoms with E-state index >= 15 is 0 Å². The number of fused-ring (bicyclic) bond motifs is 1. The highest BCUT2D eigenvalue weighted by Crippen LogP contribution is 2.30. The third kappa shape index (κ3) is 5.76. The first-order valence-corrected chi connectivity index (χ1v) is 11.1. The van der Waals surface area contributed by atoms with Crippen LogP contribution in [0, 0.1) is 6.92 Å². The first-order valence-electron chi connectivity index (χ1n) is 11.1. The Balaban J connectivity index is 1.19. The monoisotopic (exact) mass is 408 g/mol. The van der Waals surface area contributed by atoms with E-state index < -0.39 is 0 Å². The molecule has 0 spiro atoms. The Bertz CT molecular complexity index is 859. The number of hydrogen-bond donors (Lipinski definition) is 1. The van der Waals surface area contributed by atoms with Gasteiger partial charge < -0.3 is 14.8 Å². The predicted molar refractivity (Wildman–Crippen MR) is 118 cm³/mol. The largest absolute Gasteiger partial charge is 0.490 e. The van der Waals surface area contributed by atoms with Gasteiger partial charge in [0.25, 0.3) is 0 Å². The molecular formula is C25H32N2O3. The molecular weight excluding hydrogens is 376 g/mol. The van der Waals surface area contributed by atoms with Crippen molar-refractivity contribution >= 4 is 5.91 Å². The molecule has 2 aromatic carbocycles. The number of carbonyl (C=O) groups excluding carboxylic acids is 1. The Morgan fingerprint density at radius 1 is 1.03 bits per heavy atom. The van der Waals surface area contributed by atoms with E-state index in [1.54, 1.807) is 0 Å². The first kappa shape index (κ1) is 20.7. The molecule has 2 aliphatic heterocycles. The molecule has 5 nitrogen and oxygen atoms in total. The summed E-state index contributed by atoms with van der Waals surface area (Å²) in [5.41, 5.74) is 3.79. The van der Waals surface area contributed by atoms with E-state index in [1.165, 1.54) is 11.1 Å². The van der Waals surface area contributed by atoms with Crippen LogP contribution in [0.25, 0.3) is 0 Å². The predicted octanol–water partition coefficient (Wildman–Crippen LogP) is 3.87. The first-order chi connectivity index (χ1) is 14.7. The maximum atomic E-state index is 12.5. The average Bonchev–Trinajstić information content (AvgIpc) is 2.99. The van der Waals surface area contributed by atoms with Crippen molar-refractivity contribution in [1.29, 1.82) is 0 Å². The molecule has 1 fully saturated rings. The summed E-state index contributed by atoms with van der Waals surface area (Å²) in [7, 11) is 0. The lowest BCUT2D eigenvalue weighted by Gasteiger charge is -2.32. The Labute approximate surface area is 179 Å². The van der Waals surface area contributed by atoms with E-state index in [4.69, 9.17) is 9.47 Å². The number of aryl methyl sites for hydroxylation is 2. The second-order valence-corrected chi connectivity index (χ2v) is 8.44. The molecule has 5 heteroatoms. The van der Waals surface area contributed by atoms with Crippen LogP contribution in [-0.2, 0) is 17.8 Å². The fourth-order valence-electron chi connectivity index (χ4n) is 4.23. The zero-order valence-corrected chi connectivity index (χ0v) is 17.9. The number of hydrogen-bond acceptors (Lipinski definition) is 4. The minimum atomic E-state index is 0.138. The zero-order chi connectivity index (χ0) is 20.8. The van der Waals surface area contributed by atoms with Crippen molar-refractivity contribution < 1.29 is 14.3 Å². The summed E-state index contributed by atoms with van der Waals surface area (Å²) in [6.45, 7) is 6.56. The molecule has 2 heterocycles. The van der Waals surface area contributed by atoms with Crippen LogP contribution in [-0.4, -0.2) is 43.2 Å². The zero-order valence-electron chi connectivity index (χ0n) is 17.9. The van der Waals surface area contributed by atoms with Crippen LogP contribution >= 0.6 is 0 Å². The number of piperidine rings is 1. The van der Waals surface area contributed by atoms with E-state index in [-0.39, 0.29) is 11.9 Å². The lowest BCUT2D eigenvalue weighted by molar-refractivity contribution is -0.122. The van der Waals surface area contributed by atoms with Crippen LogP contribution in [0.5, 0.6) is 11.5 Å². The highest BCUT2D eigenvalue weighted by atomic mass is 16.5. The summed E-state index contributed by atoms with van der Waals surface area (Å²) in [5, 5.41) is 3.23. The van der Waals surface area contributed by atoms with E-state index in [1.807, 2.05) is 18.2 Å². The van der Waals surface area contributed by atoms with Crippen LogP contribution in [0.2, 0.25) is 0 Å². The molecule has 0 unspecified atom stereocenters. The molecule has 1 N–H and O–H groups in total. The second-order valence-electron chi connectivity index (χ2n) is 8.44. The SMILES string of the molecule is Cc1cccc(CN2CCC(NC(=O)CCc3ccc4c(c3)OCCCO4)CC2)c1. The van der Waals surface area contributed by atoms with Gasteiger partial charge in [-0.1, -0.05) is 35.9 Å². The third-order valence-electron chi connectivity index (χ3n) is 5.89. The van der Waals surface area contributed by atoms with Crippen molar-refractivity contribution in [3.05, 3.63) is 59.2 Å². The van der Waals surface area contributed by atoms with Gasteiger partial charge in [0.15, 0.2) is 11.5 Å². The molecule has 0 bridgehead atoms. The van der Waals surface area contributed by atoms with E-state index in [9.17, 15) is 4.79 Å². The Kier molecular flexibility index (Phi) is 6.90. The molecule has 1 saturated heterocycles. The number of likely N-dealkylation sites (tertiary alicyclic amines) is 1. The normalized spacial score (nSPS) is 17.4. The highest BCUT2D eigenvalue weighted by molar-refractivity contribution is 5.76. The van der Waals surface area contributed by atoms with Gasteiger partial charge in [-0.05, 0) is 49.4 Å². The van der Waals surface area contributed by atoms with Crippen LogP contribution in [0.4, 0.5) is 0 Å². The molecule has 4 rings (SSSR count). The fraction of sp³-hybridized carbons (Fsp3) is 0.480. The van der Waals surface area contributed by atoms with Crippen LogP contribution in [0.3, 0.4) is 0 Å². The summed E-state index contributed by atoms with van der Waals surface area (Å²) >= 11 is 0. The van der Waals surface area contributed by atoms with Gasteiger partial charge in [-0.2, -0.15) is 0 Å². The van der Waals surface area contributed by atoms with Crippen LogP contribution in [0.15, 0.2) is 42.5 Å². The highest BCUT2D eigenvalue weighted by Gasteiger charge is 2.21. The van der Waals surface area contributed by atoms with Crippen molar-refractivity contribution in [2.45, 2.75) is 51.6 Å². The number of benzene rings is 2. The maximum Gasteiger partial charge on any atom is 0.220 e. The summed E-state index contributed by atoms with van der Waals surface area (Å²) < 4.78 is 11.4. The topological polar surface area (TPSA) is 50.8 Å². The van der Waals surface area contributed by atoms with Gasteiger partial charge in [-0.3, -0.25) is 9.69 Å². The van der Waals surface area contributed by atoms with Gasteiger partial charge in [0, 0.05) is 38.5 Å². The van der Waals surface area contributed by atoms with E-state index in [2.05, 4.69) is 41.4 Å². The van der Waals surface area contributed by atoms with Crippen LogP contribution in [0.1, 0.15) is 42.4 Å². The standard InChI is InChI=1S/C25H32N2O3/c1-19-4-2-5-21(16-19)18-27-12-10-22(11-13-27)26-25(28)9-7-20-6-8-23-24(17-20)30-15-3-14-29-23/h2,4-6,8,16-17,22H,3,7,9-15,18H2,1H3,(H,26,28). The Hall–Kier alpha value is -2.53. The van der Waals surface area contributed by atoms with Crippen molar-refractivity contribution in [2.24, 2.45) is 0 Å². The summed E-state index contributed by atoms with van der Waals surface area (Å²) in [6, 6.07) is 15.0. The second kappa shape index (κ2) is 9.98. The van der Waals surface area contributed by atoms with Gasteiger partial charge in [0.2, 0.25) is 5.91 Å². The number of nitrogens with one attached hydrogen (secondary N) is 1. The quantitative estimate of drug-likeness (QED) is 0.788. The van der Waals surface area contributed by atoms with Gasteiger partial charge in [-0.25, -0.2) is 0 Å². The summed E-state index contributed by atoms with van der Waals surface area (Å²) in [6.07, 6.45) is 4.15. The van der Waals surface area contributed by atoms with E-state index in [0.29, 0.717) is 26.1 Å². The molecule has 0 atom stereocenters. The van der Waals surface area contributed by atoms with Gasteiger partial charge in [-0.15, -0.1) is 0 Å². The molecule has 0 radical (unpaired) electrons. The van der Waals surface area contributed by atoms with Crippen molar-refractivity contribution in [2.75, 3.05) is 26.3 Å². The van der Waals surface area contributed by atoms with Crippen molar-refractivity contribution in [3.8, 4) is 11.5 Å². The Morgan fingerprint density at radius 2 is 1.83 bits per heavy atom. The minimum Gasteiger partial charge on any atom is -0.490 e. The third-order valence-corrected chi connectivity index (χ3v) is 5.89. The van der Waals surface area contributed by atoms with Crippen LogP contribution < -0.4 is 14.8 Å². The minimum absolute atomic E-state index is 0.138. The number of ether oxygens (including phenoxy) is 2. The van der Waals surface area contributed by atoms with Gasteiger partial charge in [0.1, 0.15) is 0 Å². The lowest BCUT2D eigenvalue weighted by atomic mass is 10.0. The fourth-order valence-corrected chi connectivity index (χ4v) is 4.23. The molecule has 2 aliphatic rings. The van der Waals surface area contributed by atoms with Gasteiger partial charge in [0.05, 0.1) is 13.2 Å². The molecule has 0 aliphatic carbocycles. The number of nitrogens with zero attached hydrogens (tertiary/aromatic N) is 1. The molecule has 160 valence electrons. The molecule has 0 aromatic heterocycles. The molecule has 30 heavy (non-hydrogen) atoms. The summed E-state index contributed by atoms with van der Waals surface area (Å²) in [5.74, 6) is 1.74. The summed E-state index contributed by atoms with van der Waals surface area (Å²) in [4.78, 5) is 14.9. The smallest absolute Gasteiger partial charge is 0.220 e. The molecule has 0 saturated carbocycles. The number of carbonyl (C=O) groups is 1. The Morgan fingerprint density at radius 3 is 2.63 bits per heavy atom. The number of amides is 1. The van der Waals surface area contributed by atoms with Crippen molar-refractivity contribution in [3.63, 3.8) is 0 Å². The molecule has 1 amide bonds. The van der Waals surface area contributed by atoms with Gasteiger partial charge >= 0.3 is 0 Å². The van der Waals surface area contributed by atoms with Crippen molar-refractivity contribution in [1.82, 2.24) is 10.2 Å².